The van der Waals surface area contributed by atoms with Gasteiger partial charge < -0.3 is 14.5 Å². The smallest absolute Gasteiger partial charge is 0.227 e. The van der Waals surface area contributed by atoms with E-state index in [1.54, 1.807) is 0 Å². The van der Waals surface area contributed by atoms with Crippen LogP contribution in [0.5, 0.6) is 0 Å². The van der Waals surface area contributed by atoms with Crippen molar-refractivity contribution in [1.29, 1.82) is 0 Å². The molecule has 2 unspecified atom stereocenters. The van der Waals surface area contributed by atoms with E-state index in [2.05, 4.69) is 12.2 Å². The summed E-state index contributed by atoms with van der Waals surface area (Å²) < 4.78 is 5.31. The normalized spacial score (nSPS) is 29.5. The zero-order valence-electron chi connectivity index (χ0n) is 13.2. The second-order valence-corrected chi connectivity index (χ2v) is 6.54. The van der Waals surface area contributed by atoms with Crippen LogP contribution >= 0.6 is 0 Å². The van der Waals surface area contributed by atoms with Gasteiger partial charge in [0.2, 0.25) is 11.8 Å². The fraction of sp³-hybridized carbons (Fsp3) is 0.765. The Morgan fingerprint density at radius 2 is 1.68 bits per heavy atom. The molecule has 0 N–H and O–H groups in total. The molecule has 2 fully saturated rings. The minimum absolute atomic E-state index is 0.0186. The molecule has 3 rings (SSSR count). The fourth-order valence-electron chi connectivity index (χ4n) is 3.70. The van der Waals surface area contributed by atoms with Crippen molar-refractivity contribution in [3.63, 3.8) is 0 Å². The summed E-state index contributed by atoms with van der Waals surface area (Å²) in [6, 6.07) is 0. The molecular formula is C17H26N2O3. The second-order valence-electron chi connectivity index (χ2n) is 6.54. The fourth-order valence-corrected chi connectivity index (χ4v) is 3.70. The maximum absolute atomic E-state index is 12.6. The average molecular weight is 306 g/mol. The molecule has 0 radical (unpaired) electrons. The number of carbonyl (C=O) groups is 2. The Balaban J connectivity index is 1.57. The SMILES string of the molecule is O=C(C1CCCN(C(=O)C2CC=CCC2)C1)N1CCOCC1. The summed E-state index contributed by atoms with van der Waals surface area (Å²) in [6.45, 7) is 4.07. The third-order valence-electron chi connectivity index (χ3n) is 5.02. The van der Waals surface area contributed by atoms with E-state index in [0.717, 1.165) is 38.6 Å². The first-order valence-corrected chi connectivity index (χ1v) is 8.56. The molecule has 2 amide bonds. The summed E-state index contributed by atoms with van der Waals surface area (Å²) in [4.78, 5) is 29.1. The van der Waals surface area contributed by atoms with Gasteiger partial charge in [0.15, 0.2) is 0 Å². The van der Waals surface area contributed by atoms with Gasteiger partial charge in [-0.1, -0.05) is 12.2 Å². The van der Waals surface area contributed by atoms with Gasteiger partial charge in [0, 0.05) is 32.1 Å². The summed E-state index contributed by atoms with van der Waals surface area (Å²) in [6.07, 6.45) is 8.93. The van der Waals surface area contributed by atoms with Crippen molar-refractivity contribution < 1.29 is 14.3 Å². The number of hydrogen-bond acceptors (Lipinski definition) is 3. The van der Waals surface area contributed by atoms with Crippen LogP contribution in [0.25, 0.3) is 0 Å². The molecule has 0 aromatic rings. The van der Waals surface area contributed by atoms with Crippen molar-refractivity contribution in [2.45, 2.75) is 32.1 Å². The number of likely N-dealkylation sites (tertiary alicyclic amines) is 1. The topological polar surface area (TPSA) is 49.9 Å². The highest BCUT2D eigenvalue weighted by atomic mass is 16.5. The molecule has 0 spiro atoms. The molecular weight excluding hydrogens is 280 g/mol. The van der Waals surface area contributed by atoms with E-state index in [-0.39, 0.29) is 23.7 Å². The van der Waals surface area contributed by atoms with E-state index in [4.69, 9.17) is 4.74 Å². The van der Waals surface area contributed by atoms with E-state index in [0.29, 0.717) is 32.8 Å². The van der Waals surface area contributed by atoms with Gasteiger partial charge in [0.1, 0.15) is 0 Å². The predicted molar refractivity (Wildman–Crippen MR) is 83.2 cm³/mol. The lowest BCUT2D eigenvalue weighted by atomic mass is 9.90. The van der Waals surface area contributed by atoms with Crippen molar-refractivity contribution in [1.82, 2.24) is 9.80 Å². The number of piperidine rings is 1. The zero-order chi connectivity index (χ0) is 15.4. The average Bonchev–Trinajstić information content (AvgIpc) is 2.62. The van der Waals surface area contributed by atoms with Gasteiger partial charge in [0.05, 0.1) is 19.1 Å². The molecule has 5 heteroatoms. The minimum Gasteiger partial charge on any atom is -0.378 e. The first kappa shape index (κ1) is 15.5. The van der Waals surface area contributed by atoms with E-state index in [1.165, 1.54) is 0 Å². The summed E-state index contributed by atoms with van der Waals surface area (Å²) >= 11 is 0. The van der Waals surface area contributed by atoms with Crippen LogP contribution in [0, 0.1) is 11.8 Å². The van der Waals surface area contributed by atoms with Gasteiger partial charge in [0.25, 0.3) is 0 Å². The van der Waals surface area contributed by atoms with Crippen molar-refractivity contribution in [2.75, 3.05) is 39.4 Å². The Morgan fingerprint density at radius 3 is 2.41 bits per heavy atom. The molecule has 122 valence electrons. The lowest BCUT2D eigenvalue weighted by Crippen LogP contribution is -2.50. The van der Waals surface area contributed by atoms with E-state index in [1.807, 2.05) is 9.80 Å². The van der Waals surface area contributed by atoms with Crippen LogP contribution in [0.4, 0.5) is 0 Å². The van der Waals surface area contributed by atoms with Crippen LogP contribution in [0.1, 0.15) is 32.1 Å². The molecule has 2 atom stereocenters. The zero-order valence-corrected chi connectivity index (χ0v) is 13.2. The predicted octanol–water partition coefficient (Wildman–Crippen LogP) is 1.44. The first-order chi connectivity index (χ1) is 10.8. The summed E-state index contributed by atoms with van der Waals surface area (Å²) in [5.41, 5.74) is 0. The molecule has 2 saturated heterocycles. The number of allylic oxidation sites excluding steroid dienone is 2. The molecule has 5 nitrogen and oxygen atoms in total. The number of hydrogen-bond donors (Lipinski definition) is 0. The third-order valence-corrected chi connectivity index (χ3v) is 5.02. The lowest BCUT2D eigenvalue weighted by Gasteiger charge is -2.37. The van der Waals surface area contributed by atoms with Crippen molar-refractivity contribution >= 4 is 11.8 Å². The summed E-state index contributed by atoms with van der Waals surface area (Å²) in [5, 5.41) is 0. The largest absolute Gasteiger partial charge is 0.378 e. The minimum atomic E-state index is -0.0186. The van der Waals surface area contributed by atoms with Gasteiger partial charge in [-0.05, 0) is 32.1 Å². The van der Waals surface area contributed by atoms with Crippen molar-refractivity contribution in [3.05, 3.63) is 12.2 Å². The molecule has 0 aromatic heterocycles. The number of nitrogens with zero attached hydrogens (tertiary/aromatic N) is 2. The molecule has 22 heavy (non-hydrogen) atoms. The molecule has 2 aliphatic heterocycles. The Morgan fingerprint density at radius 1 is 0.909 bits per heavy atom. The second kappa shape index (κ2) is 7.27. The maximum atomic E-state index is 12.6. The quantitative estimate of drug-likeness (QED) is 0.725. The monoisotopic (exact) mass is 306 g/mol. The van der Waals surface area contributed by atoms with Gasteiger partial charge in [-0.2, -0.15) is 0 Å². The Bertz CT molecular complexity index is 443. The van der Waals surface area contributed by atoms with E-state index < -0.39 is 0 Å². The highest BCUT2D eigenvalue weighted by molar-refractivity contribution is 5.82. The Labute approximate surface area is 132 Å². The summed E-state index contributed by atoms with van der Waals surface area (Å²) in [7, 11) is 0. The number of amides is 2. The molecule has 0 aromatic carbocycles. The number of ether oxygens (including phenoxy) is 1. The molecule has 0 saturated carbocycles. The maximum Gasteiger partial charge on any atom is 0.227 e. The van der Waals surface area contributed by atoms with Crippen molar-refractivity contribution in [3.8, 4) is 0 Å². The van der Waals surface area contributed by atoms with Crippen LogP contribution in [0.15, 0.2) is 12.2 Å². The van der Waals surface area contributed by atoms with E-state index >= 15 is 0 Å². The number of morpholine rings is 1. The number of carbonyl (C=O) groups excluding carboxylic acids is 2. The van der Waals surface area contributed by atoms with E-state index in [9.17, 15) is 9.59 Å². The molecule has 0 bridgehead atoms. The molecule has 1 aliphatic carbocycles. The molecule has 3 aliphatic rings. The third kappa shape index (κ3) is 3.51. The van der Waals surface area contributed by atoms with Crippen LogP contribution in [0.2, 0.25) is 0 Å². The lowest BCUT2D eigenvalue weighted by molar-refractivity contribution is -0.145. The van der Waals surface area contributed by atoms with Crippen LogP contribution in [-0.4, -0.2) is 61.0 Å². The Hall–Kier alpha value is -1.36. The van der Waals surface area contributed by atoms with Crippen LogP contribution < -0.4 is 0 Å². The van der Waals surface area contributed by atoms with Gasteiger partial charge in [-0.25, -0.2) is 0 Å². The first-order valence-electron chi connectivity index (χ1n) is 8.56. The highest BCUT2D eigenvalue weighted by Gasteiger charge is 2.33. The summed E-state index contributed by atoms with van der Waals surface area (Å²) in [5.74, 6) is 0.574. The van der Waals surface area contributed by atoms with Crippen molar-refractivity contribution in [2.24, 2.45) is 11.8 Å². The van der Waals surface area contributed by atoms with Crippen LogP contribution in [-0.2, 0) is 14.3 Å². The van der Waals surface area contributed by atoms with Crippen LogP contribution in [0.3, 0.4) is 0 Å². The van der Waals surface area contributed by atoms with Gasteiger partial charge in [-0.3, -0.25) is 9.59 Å². The standard InChI is InChI=1S/C17H26N2O3/c20-16(14-5-2-1-3-6-14)19-8-4-7-15(13-19)17(21)18-9-11-22-12-10-18/h1-2,14-15H,3-13H2. The van der Waals surface area contributed by atoms with Gasteiger partial charge in [-0.15, -0.1) is 0 Å². The molecule has 2 heterocycles. The highest BCUT2D eigenvalue weighted by Crippen LogP contribution is 2.25. The Kier molecular flexibility index (Phi) is 5.13. The number of rotatable bonds is 2. The van der Waals surface area contributed by atoms with Gasteiger partial charge >= 0.3 is 0 Å².